The molecule has 1 aliphatic rings. The van der Waals surface area contributed by atoms with Gasteiger partial charge in [-0.2, -0.15) is 0 Å². The number of fused-ring (bicyclic) bond motifs is 1. The van der Waals surface area contributed by atoms with Gasteiger partial charge >= 0.3 is 0 Å². The molecule has 1 fully saturated rings. The number of H-pyrrole nitrogens is 1. The number of rotatable bonds is 3. The quantitative estimate of drug-likeness (QED) is 0.547. The first-order chi connectivity index (χ1) is 13.3. The van der Waals surface area contributed by atoms with Gasteiger partial charge in [-0.1, -0.05) is 17.7 Å². The summed E-state index contributed by atoms with van der Waals surface area (Å²) in [6.07, 6.45) is 1.84. The smallest absolute Gasteiger partial charge is 0.203 e. The first-order valence-electron chi connectivity index (χ1n) is 8.91. The van der Waals surface area contributed by atoms with Crippen LogP contribution in [0.25, 0.3) is 21.6 Å². The van der Waals surface area contributed by atoms with Crippen molar-refractivity contribution in [3.8, 4) is 10.6 Å². The highest BCUT2D eigenvalue weighted by atomic mass is 35.5. The molecule has 0 spiro atoms. The predicted octanol–water partition coefficient (Wildman–Crippen LogP) is 4.67. The molecule has 0 aliphatic carbocycles. The number of imidazole rings is 1. The number of benzene rings is 2. The number of nitrogens with zero attached hydrogens (tertiary/aromatic N) is 4. The summed E-state index contributed by atoms with van der Waals surface area (Å²) in [6.45, 7) is 3.74. The van der Waals surface area contributed by atoms with E-state index in [1.54, 1.807) is 11.3 Å². The number of hydrogen-bond acceptors (Lipinski definition) is 5. The molecule has 0 radical (unpaired) electrons. The molecular weight excluding hydrogens is 378 g/mol. The molecule has 136 valence electrons. The van der Waals surface area contributed by atoms with Crippen molar-refractivity contribution < 1.29 is 0 Å². The van der Waals surface area contributed by atoms with Gasteiger partial charge in [-0.05, 0) is 36.4 Å². The number of thiazole rings is 1. The van der Waals surface area contributed by atoms with E-state index in [0.717, 1.165) is 58.8 Å². The number of halogens is 1. The van der Waals surface area contributed by atoms with Gasteiger partial charge in [-0.25, -0.2) is 9.97 Å². The normalized spacial score (nSPS) is 14.9. The third-order valence-corrected chi connectivity index (χ3v) is 5.96. The predicted molar refractivity (Wildman–Crippen MR) is 113 cm³/mol. The second-order valence-electron chi connectivity index (χ2n) is 6.58. The maximum absolute atomic E-state index is 6.13. The van der Waals surface area contributed by atoms with Gasteiger partial charge in [-0.15, -0.1) is 11.3 Å². The van der Waals surface area contributed by atoms with E-state index in [1.165, 1.54) is 5.69 Å². The Kier molecular flexibility index (Phi) is 4.22. The van der Waals surface area contributed by atoms with Crippen LogP contribution in [0.3, 0.4) is 0 Å². The third kappa shape index (κ3) is 3.26. The Morgan fingerprint density at radius 2 is 1.85 bits per heavy atom. The lowest BCUT2D eigenvalue weighted by Gasteiger charge is -2.36. The van der Waals surface area contributed by atoms with Crippen LogP contribution in [0.2, 0.25) is 5.02 Å². The number of aromatic amines is 1. The van der Waals surface area contributed by atoms with Crippen LogP contribution in [-0.2, 0) is 0 Å². The van der Waals surface area contributed by atoms with Gasteiger partial charge in [0, 0.05) is 54.0 Å². The van der Waals surface area contributed by atoms with Gasteiger partial charge < -0.3 is 14.8 Å². The Labute approximate surface area is 166 Å². The molecule has 2 aromatic carbocycles. The Balaban J connectivity index is 1.34. The van der Waals surface area contributed by atoms with Gasteiger partial charge in [-0.3, -0.25) is 0 Å². The highest BCUT2D eigenvalue weighted by molar-refractivity contribution is 7.13. The first kappa shape index (κ1) is 16.6. The minimum atomic E-state index is 0.781. The van der Waals surface area contributed by atoms with Gasteiger partial charge in [0.2, 0.25) is 5.95 Å². The van der Waals surface area contributed by atoms with Crippen molar-refractivity contribution in [2.24, 2.45) is 0 Å². The van der Waals surface area contributed by atoms with E-state index in [2.05, 4.69) is 44.0 Å². The zero-order chi connectivity index (χ0) is 18.2. The van der Waals surface area contributed by atoms with Crippen molar-refractivity contribution in [3.63, 3.8) is 0 Å². The number of aromatic nitrogens is 3. The molecule has 1 aliphatic heterocycles. The van der Waals surface area contributed by atoms with Crippen LogP contribution in [0.5, 0.6) is 0 Å². The van der Waals surface area contributed by atoms with Crippen LogP contribution in [0.15, 0.2) is 54.0 Å². The van der Waals surface area contributed by atoms with Gasteiger partial charge in [0.25, 0.3) is 0 Å². The van der Waals surface area contributed by atoms with Crippen molar-refractivity contribution in [1.29, 1.82) is 0 Å². The minimum absolute atomic E-state index is 0.781. The van der Waals surface area contributed by atoms with Crippen molar-refractivity contribution in [2.45, 2.75) is 0 Å². The molecule has 1 N–H and O–H groups in total. The average Bonchev–Trinajstić information content (AvgIpc) is 3.37. The summed E-state index contributed by atoms with van der Waals surface area (Å²) in [4.78, 5) is 17.3. The van der Waals surface area contributed by atoms with E-state index in [4.69, 9.17) is 16.6 Å². The SMILES string of the molecule is Clc1cccc(N2CCN(c3nc4ccc(-c5nccs5)cc4[nH]3)CC2)c1. The summed E-state index contributed by atoms with van der Waals surface area (Å²) in [5.41, 5.74) is 4.34. The molecule has 27 heavy (non-hydrogen) atoms. The van der Waals surface area contributed by atoms with Crippen molar-refractivity contribution in [2.75, 3.05) is 36.0 Å². The third-order valence-electron chi connectivity index (χ3n) is 4.90. The zero-order valence-electron chi connectivity index (χ0n) is 14.6. The van der Waals surface area contributed by atoms with Crippen molar-refractivity contribution in [3.05, 3.63) is 59.1 Å². The highest BCUT2D eigenvalue weighted by Gasteiger charge is 2.20. The van der Waals surface area contributed by atoms with E-state index in [-0.39, 0.29) is 0 Å². The lowest BCUT2D eigenvalue weighted by molar-refractivity contribution is 0.643. The monoisotopic (exact) mass is 395 g/mol. The van der Waals surface area contributed by atoms with E-state index in [1.807, 2.05) is 29.8 Å². The van der Waals surface area contributed by atoms with Crippen LogP contribution in [0.1, 0.15) is 0 Å². The lowest BCUT2D eigenvalue weighted by Crippen LogP contribution is -2.46. The molecule has 2 aromatic heterocycles. The Morgan fingerprint density at radius 1 is 1.00 bits per heavy atom. The summed E-state index contributed by atoms with van der Waals surface area (Å²) in [7, 11) is 0. The van der Waals surface area contributed by atoms with E-state index >= 15 is 0 Å². The molecule has 0 amide bonds. The maximum atomic E-state index is 6.13. The topological polar surface area (TPSA) is 48.1 Å². The second-order valence-corrected chi connectivity index (χ2v) is 7.91. The number of anilines is 2. The standard InChI is InChI=1S/C20H18ClN5S/c21-15-2-1-3-16(13-15)25-7-9-26(10-8-25)20-23-17-5-4-14(12-18(17)24-20)19-22-6-11-27-19/h1-6,11-13H,7-10H2,(H,23,24). The van der Waals surface area contributed by atoms with E-state index in [9.17, 15) is 0 Å². The van der Waals surface area contributed by atoms with Gasteiger partial charge in [0.1, 0.15) is 5.01 Å². The molecule has 0 unspecified atom stereocenters. The molecular formula is C20H18ClN5S. The average molecular weight is 396 g/mol. The molecule has 3 heterocycles. The molecule has 7 heteroatoms. The summed E-state index contributed by atoms with van der Waals surface area (Å²) < 4.78 is 0. The number of nitrogens with one attached hydrogen (secondary N) is 1. The maximum Gasteiger partial charge on any atom is 0.203 e. The van der Waals surface area contributed by atoms with Crippen LogP contribution in [0, 0.1) is 0 Å². The fourth-order valence-electron chi connectivity index (χ4n) is 3.49. The fraction of sp³-hybridized carbons (Fsp3) is 0.200. The lowest BCUT2D eigenvalue weighted by atomic mass is 10.2. The second kappa shape index (κ2) is 6.87. The molecule has 5 nitrogen and oxygen atoms in total. The largest absolute Gasteiger partial charge is 0.368 e. The molecule has 0 saturated carbocycles. The number of hydrogen-bond donors (Lipinski definition) is 1. The summed E-state index contributed by atoms with van der Waals surface area (Å²) >= 11 is 7.78. The van der Waals surface area contributed by atoms with Crippen LogP contribution < -0.4 is 9.80 Å². The fourth-order valence-corrected chi connectivity index (χ4v) is 4.31. The molecule has 0 bridgehead atoms. The minimum Gasteiger partial charge on any atom is -0.368 e. The van der Waals surface area contributed by atoms with Crippen molar-refractivity contribution >= 4 is 45.6 Å². The Bertz CT molecular complexity index is 1070. The highest BCUT2D eigenvalue weighted by Crippen LogP contribution is 2.27. The summed E-state index contributed by atoms with van der Waals surface area (Å²) in [5.74, 6) is 0.937. The van der Waals surface area contributed by atoms with Gasteiger partial charge in [0.15, 0.2) is 0 Å². The molecule has 0 atom stereocenters. The number of piperazine rings is 1. The molecule has 5 rings (SSSR count). The van der Waals surface area contributed by atoms with E-state index in [0.29, 0.717) is 0 Å². The van der Waals surface area contributed by atoms with Crippen molar-refractivity contribution in [1.82, 2.24) is 15.0 Å². The Morgan fingerprint density at radius 3 is 2.63 bits per heavy atom. The van der Waals surface area contributed by atoms with Crippen LogP contribution >= 0.6 is 22.9 Å². The van der Waals surface area contributed by atoms with E-state index < -0.39 is 0 Å². The Hall–Kier alpha value is -2.57. The summed E-state index contributed by atoms with van der Waals surface area (Å²) in [5, 5.41) is 3.81. The van der Waals surface area contributed by atoms with Gasteiger partial charge in [0.05, 0.1) is 11.0 Å². The van der Waals surface area contributed by atoms with Crippen LogP contribution in [0.4, 0.5) is 11.6 Å². The van der Waals surface area contributed by atoms with Crippen LogP contribution in [-0.4, -0.2) is 41.1 Å². The molecule has 1 saturated heterocycles. The summed E-state index contributed by atoms with van der Waals surface area (Å²) in [6, 6.07) is 14.3. The molecule has 4 aromatic rings. The first-order valence-corrected chi connectivity index (χ1v) is 10.2. The zero-order valence-corrected chi connectivity index (χ0v) is 16.2.